The van der Waals surface area contributed by atoms with E-state index >= 15 is 0 Å². The molecule has 18 heteroatoms. The largest absolute Gasteiger partial charge is 0.481 e. The Labute approximate surface area is 414 Å². The predicted molar refractivity (Wildman–Crippen MR) is 266 cm³/mol. The summed E-state index contributed by atoms with van der Waals surface area (Å²) >= 11 is 1.90. The molecule has 0 radical (unpaired) electrons. The predicted octanol–water partition coefficient (Wildman–Crippen LogP) is 2.53. The number of carboxylic acids is 1. The van der Waals surface area contributed by atoms with Crippen LogP contribution in [0.25, 0.3) is 0 Å². The van der Waals surface area contributed by atoms with Crippen molar-refractivity contribution in [3.63, 3.8) is 0 Å². The Bertz CT molecular complexity index is 2040. The maximum Gasteiger partial charge on any atom is 0.308 e. The van der Waals surface area contributed by atoms with Crippen LogP contribution in [0.4, 0.5) is 0 Å². The number of nitrogens with zero attached hydrogens (tertiary/aromatic N) is 2. The SMILES string of the molecule is C#CCN(C)C(=O)CNC(=O)CC(C(=O)O)[C@](C)(CI)C(=O)[C@H](CC(C)C)NC(=O)[C@H](Cc1ccccc1)NC(=O)[C@H](CC(C)C)NC(=O)[C@H](CCc1ccccc1)NC(=O)CN1CCOCC1. The van der Waals surface area contributed by atoms with E-state index in [0.717, 1.165) is 5.56 Å². The molecule has 2 aromatic rings. The molecule has 3 rings (SSSR count). The lowest BCUT2D eigenvalue weighted by Gasteiger charge is -2.36. The van der Waals surface area contributed by atoms with E-state index in [1.165, 1.54) is 18.9 Å². The minimum atomic E-state index is -1.68. The molecular weight excluding hydrogens is 985 g/mol. The normalized spacial score (nSPS) is 15.8. The van der Waals surface area contributed by atoms with Gasteiger partial charge in [-0.1, -0.05) is 124 Å². The van der Waals surface area contributed by atoms with Gasteiger partial charge in [-0.3, -0.25) is 43.3 Å². The summed E-state index contributed by atoms with van der Waals surface area (Å²) < 4.78 is 5.37. The second-order valence-corrected chi connectivity index (χ2v) is 19.2. The number of nitrogens with one attached hydrogen (secondary N) is 5. The van der Waals surface area contributed by atoms with Gasteiger partial charge in [0, 0.05) is 37.4 Å². The molecule has 0 aromatic heterocycles. The molecule has 0 aliphatic carbocycles. The van der Waals surface area contributed by atoms with Crippen LogP contribution in [0.3, 0.4) is 0 Å². The summed E-state index contributed by atoms with van der Waals surface area (Å²) in [4.78, 5) is 113. The zero-order valence-corrected chi connectivity index (χ0v) is 42.3. The Hall–Kier alpha value is -5.39. The average molecular weight is 1060 g/mol. The van der Waals surface area contributed by atoms with Crippen molar-refractivity contribution in [2.45, 2.75) is 97.3 Å². The second kappa shape index (κ2) is 28.8. The number of halogens is 1. The first-order chi connectivity index (χ1) is 32.3. The van der Waals surface area contributed by atoms with E-state index in [1.807, 2.05) is 85.5 Å². The van der Waals surface area contributed by atoms with E-state index < -0.39 is 89.8 Å². The van der Waals surface area contributed by atoms with Gasteiger partial charge in [0.05, 0.1) is 50.2 Å². The molecule has 1 saturated heterocycles. The van der Waals surface area contributed by atoms with Crippen molar-refractivity contribution < 1.29 is 48.2 Å². The summed E-state index contributed by atoms with van der Waals surface area (Å²) in [6.07, 6.45) is 5.65. The fourth-order valence-corrected chi connectivity index (χ4v) is 8.72. The van der Waals surface area contributed by atoms with E-state index in [2.05, 4.69) is 32.5 Å². The molecule has 1 unspecified atom stereocenters. The third-order valence-electron chi connectivity index (χ3n) is 11.8. The molecule has 0 saturated carbocycles. The molecule has 6 atom stereocenters. The van der Waals surface area contributed by atoms with E-state index in [0.29, 0.717) is 38.3 Å². The number of amides is 6. The van der Waals surface area contributed by atoms with Gasteiger partial charge in [-0.15, -0.1) is 6.42 Å². The number of rotatable bonds is 28. The van der Waals surface area contributed by atoms with E-state index in [9.17, 15) is 43.5 Å². The van der Waals surface area contributed by atoms with E-state index in [1.54, 1.807) is 30.3 Å². The monoisotopic (exact) mass is 1060 g/mol. The van der Waals surface area contributed by atoms with Crippen LogP contribution in [0.5, 0.6) is 0 Å². The van der Waals surface area contributed by atoms with E-state index in [-0.39, 0.29) is 60.9 Å². The molecule has 372 valence electrons. The summed E-state index contributed by atoms with van der Waals surface area (Å²) in [5, 5.41) is 24.3. The average Bonchev–Trinajstić information content (AvgIpc) is 3.30. The first-order valence-corrected chi connectivity index (χ1v) is 24.7. The minimum Gasteiger partial charge on any atom is -0.481 e. The molecule has 68 heavy (non-hydrogen) atoms. The van der Waals surface area contributed by atoms with Gasteiger partial charge >= 0.3 is 5.97 Å². The summed E-state index contributed by atoms with van der Waals surface area (Å²) in [6.45, 7) is 10.7. The van der Waals surface area contributed by atoms with Gasteiger partial charge in [0.25, 0.3) is 0 Å². The number of hydrogen-bond donors (Lipinski definition) is 6. The maximum absolute atomic E-state index is 14.7. The number of alkyl halides is 1. The third-order valence-corrected chi connectivity index (χ3v) is 13.4. The number of carbonyl (C=O) groups excluding carboxylic acids is 7. The molecule has 6 N–H and O–H groups in total. The molecule has 1 fully saturated rings. The van der Waals surface area contributed by atoms with Gasteiger partial charge < -0.3 is 41.3 Å². The first kappa shape index (κ1) is 56.9. The second-order valence-electron chi connectivity index (χ2n) is 18.4. The molecule has 1 heterocycles. The van der Waals surface area contributed by atoms with Crippen molar-refractivity contribution in [3.05, 3.63) is 71.8 Å². The fourth-order valence-electron chi connectivity index (χ4n) is 7.81. The summed E-state index contributed by atoms with van der Waals surface area (Å²) in [5.74, 6) is -5.05. The number of carboxylic acid groups (broad SMARTS) is 1. The lowest BCUT2D eigenvalue weighted by Crippen LogP contribution is -2.60. The topological polar surface area (TPSA) is 233 Å². The number of hydrogen-bond acceptors (Lipinski definition) is 10. The zero-order chi connectivity index (χ0) is 50.4. The number of ether oxygens (including phenoxy) is 1. The number of terminal acetylenes is 1. The van der Waals surface area contributed by atoms with Crippen molar-refractivity contribution in [1.29, 1.82) is 0 Å². The molecule has 0 spiro atoms. The maximum atomic E-state index is 14.7. The van der Waals surface area contributed by atoms with Gasteiger partial charge in [-0.2, -0.15) is 0 Å². The van der Waals surface area contributed by atoms with Gasteiger partial charge in [-0.25, -0.2) is 0 Å². The van der Waals surface area contributed by atoms with Gasteiger partial charge in [0.2, 0.25) is 35.4 Å². The van der Waals surface area contributed by atoms with Crippen LogP contribution in [-0.2, 0) is 55.9 Å². The number of carbonyl (C=O) groups is 8. The zero-order valence-electron chi connectivity index (χ0n) is 40.2. The number of ketones is 1. The van der Waals surface area contributed by atoms with Crippen molar-refractivity contribution in [3.8, 4) is 12.3 Å². The molecule has 0 bridgehead atoms. The Morgan fingerprint density at radius 2 is 1.31 bits per heavy atom. The van der Waals surface area contributed by atoms with Crippen molar-refractivity contribution in [2.75, 3.05) is 57.4 Å². The summed E-state index contributed by atoms with van der Waals surface area (Å²) in [7, 11) is 1.46. The van der Waals surface area contributed by atoms with Crippen molar-refractivity contribution >= 4 is 69.8 Å². The lowest BCUT2D eigenvalue weighted by atomic mass is 9.70. The number of Topliss-reactive ketones (excluding diaryl/α,β-unsaturated/α-hetero) is 1. The van der Waals surface area contributed by atoms with Crippen LogP contribution < -0.4 is 26.6 Å². The Morgan fingerprint density at radius 3 is 1.87 bits per heavy atom. The molecule has 17 nitrogen and oxygen atoms in total. The standard InChI is InChI=1S/C50H70IN7O10/c1-8-21-57(7)44(61)30-52-42(59)29-37(49(66)67)50(6,32-51)45(62)39(26-33(2)3)54-48(65)41(28-36-17-13-10-14-18-36)56-47(64)40(27-34(4)5)55-46(63)38(20-19-35-15-11-9-12-16-35)53-43(60)31-58-22-24-68-25-23-58/h1,9-18,33-34,37-41H,19-32H2,2-7H3,(H,52,59)(H,53,60)(H,54,65)(H,55,63)(H,56,64)(H,66,67)/t37?,38-,39-,40-,41-,50-/m0/s1. The quantitative estimate of drug-likeness (QED) is 0.0412. The summed E-state index contributed by atoms with van der Waals surface area (Å²) in [6, 6.07) is 13.8. The van der Waals surface area contributed by atoms with Crippen LogP contribution >= 0.6 is 22.6 Å². The van der Waals surface area contributed by atoms with Crippen LogP contribution in [-0.4, -0.2) is 144 Å². The van der Waals surface area contributed by atoms with Gasteiger partial charge in [0.1, 0.15) is 18.1 Å². The van der Waals surface area contributed by atoms with Crippen LogP contribution in [0.15, 0.2) is 60.7 Å². The minimum absolute atomic E-state index is 0.00261. The smallest absolute Gasteiger partial charge is 0.308 e. The molecule has 1 aliphatic rings. The number of benzene rings is 2. The van der Waals surface area contributed by atoms with Crippen molar-refractivity contribution in [1.82, 2.24) is 36.4 Å². The first-order valence-electron chi connectivity index (χ1n) is 23.1. The van der Waals surface area contributed by atoms with Gasteiger partial charge in [0.15, 0.2) is 5.78 Å². The Kier molecular flexibility index (Phi) is 24.1. The lowest BCUT2D eigenvalue weighted by molar-refractivity contribution is -0.153. The third kappa shape index (κ3) is 18.9. The molecule has 2 aromatic carbocycles. The Morgan fingerprint density at radius 1 is 0.779 bits per heavy atom. The number of aliphatic carboxylic acids is 1. The fraction of sp³-hybridized carbons (Fsp3) is 0.560. The highest BCUT2D eigenvalue weighted by molar-refractivity contribution is 14.1. The highest BCUT2D eigenvalue weighted by atomic mass is 127. The number of likely N-dealkylation sites (N-methyl/N-ethyl adjacent to an activating group) is 1. The number of aryl methyl sites for hydroxylation is 1. The molecule has 6 amide bonds. The molecular formula is C50H70IN7O10. The summed E-state index contributed by atoms with van der Waals surface area (Å²) in [5.41, 5.74) is -0.0313. The highest BCUT2D eigenvalue weighted by Crippen LogP contribution is 2.36. The van der Waals surface area contributed by atoms with Gasteiger partial charge in [-0.05, 0) is 48.6 Å². The van der Waals surface area contributed by atoms with E-state index in [4.69, 9.17) is 11.2 Å². The molecule has 1 aliphatic heterocycles. The Balaban J connectivity index is 1.90. The van der Waals surface area contributed by atoms with Crippen LogP contribution in [0.2, 0.25) is 0 Å². The van der Waals surface area contributed by atoms with Crippen LogP contribution in [0.1, 0.15) is 71.4 Å². The van der Waals surface area contributed by atoms with Crippen LogP contribution in [0, 0.1) is 35.5 Å². The highest BCUT2D eigenvalue weighted by Gasteiger charge is 2.48. The van der Waals surface area contributed by atoms with Crippen molar-refractivity contribution in [2.24, 2.45) is 23.2 Å². The number of morpholine rings is 1.